The summed E-state index contributed by atoms with van der Waals surface area (Å²) in [6, 6.07) is 10.8. The number of hydrogen-bond acceptors (Lipinski definition) is 3. The molecule has 122 valence electrons. The lowest BCUT2D eigenvalue weighted by Gasteiger charge is -2.17. The van der Waals surface area contributed by atoms with Crippen LogP contribution in [0.1, 0.15) is 36.6 Å². The van der Waals surface area contributed by atoms with E-state index in [0.717, 1.165) is 23.5 Å². The Hall–Kier alpha value is -2.07. The predicted octanol–water partition coefficient (Wildman–Crippen LogP) is 4.01. The molecule has 0 spiro atoms. The number of methoxy groups -OCH3 is 1. The Kier molecular flexibility index (Phi) is 4.53. The normalized spacial score (nSPS) is 17.5. The molecule has 0 fully saturated rings. The van der Waals surface area contributed by atoms with Gasteiger partial charge < -0.3 is 14.8 Å². The van der Waals surface area contributed by atoms with E-state index in [-0.39, 0.29) is 18.0 Å². The van der Waals surface area contributed by atoms with Crippen LogP contribution in [0.5, 0.6) is 11.5 Å². The van der Waals surface area contributed by atoms with E-state index in [1.165, 1.54) is 11.6 Å². The van der Waals surface area contributed by atoms with Gasteiger partial charge in [-0.25, -0.2) is 4.39 Å². The fourth-order valence-electron chi connectivity index (χ4n) is 3.01. The summed E-state index contributed by atoms with van der Waals surface area (Å²) in [7, 11) is 1.67. The van der Waals surface area contributed by atoms with Gasteiger partial charge in [0, 0.05) is 35.7 Å². The Bertz CT molecular complexity index is 702. The SMILES string of the molecule is COc1cc2c(cc1CN[C@H](C)c1ccccc1F)O[C@@H](C)C2. The molecule has 2 aromatic carbocycles. The molecule has 4 heteroatoms. The fourth-order valence-corrected chi connectivity index (χ4v) is 3.01. The Balaban J connectivity index is 1.76. The minimum atomic E-state index is -0.189. The highest BCUT2D eigenvalue weighted by atomic mass is 19.1. The van der Waals surface area contributed by atoms with Gasteiger partial charge in [-0.3, -0.25) is 0 Å². The first-order chi connectivity index (χ1) is 11.1. The Labute approximate surface area is 136 Å². The lowest BCUT2D eigenvalue weighted by Crippen LogP contribution is -2.19. The van der Waals surface area contributed by atoms with Gasteiger partial charge in [0.05, 0.1) is 7.11 Å². The van der Waals surface area contributed by atoms with Crippen molar-refractivity contribution in [3.63, 3.8) is 0 Å². The lowest BCUT2D eigenvalue weighted by molar-refractivity contribution is 0.254. The molecule has 2 aromatic rings. The number of benzene rings is 2. The molecule has 2 atom stereocenters. The molecule has 0 amide bonds. The van der Waals surface area contributed by atoms with Crippen molar-refractivity contribution in [3.8, 4) is 11.5 Å². The van der Waals surface area contributed by atoms with E-state index in [0.29, 0.717) is 12.1 Å². The van der Waals surface area contributed by atoms with E-state index in [2.05, 4.69) is 12.2 Å². The van der Waals surface area contributed by atoms with E-state index >= 15 is 0 Å². The maximum absolute atomic E-state index is 13.8. The van der Waals surface area contributed by atoms with E-state index in [9.17, 15) is 4.39 Å². The average molecular weight is 315 g/mol. The quantitative estimate of drug-likeness (QED) is 0.904. The zero-order valence-corrected chi connectivity index (χ0v) is 13.7. The van der Waals surface area contributed by atoms with Crippen molar-refractivity contribution in [2.24, 2.45) is 0 Å². The molecule has 1 aliphatic rings. The van der Waals surface area contributed by atoms with Crippen molar-refractivity contribution in [3.05, 3.63) is 58.9 Å². The maximum Gasteiger partial charge on any atom is 0.127 e. The molecule has 0 saturated carbocycles. The van der Waals surface area contributed by atoms with Gasteiger partial charge in [0.25, 0.3) is 0 Å². The van der Waals surface area contributed by atoms with Crippen LogP contribution in [0.2, 0.25) is 0 Å². The smallest absolute Gasteiger partial charge is 0.127 e. The first kappa shape index (κ1) is 15.8. The molecule has 0 saturated heterocycles. The molecule has 1 heterocycles. The Morgan fingerprint density at radius 1 is 1.35 bits per heavy atom. The third kappa shape index (κ3) is 3.32. The molecule has 0 aliphatic carbocycles. The van der Waals surface area contributed by atoms with Crippen molar-refractivity contribution < 1.29 is 13.9 Å². The number of halogens is 1. The number of nitrogens with one attached hydrogen (secondary N) is 1. The second-order valence-corrected chi connectivity index (χ2v) is 6.03. The first-order valence-corrected chi connectivity index (χ1v) is 7.92. The van der Waals surface area contributed by atoms with Crippen molar-refractivity contribution >= 4 is 0 Å². The van der Waals surface area contributed by atoms with Crippen molar-refractivity contribution in [2.45, 2.75) is 39.0 Å². The molecule has 1 aliphatic heterocycles. The first-order valence-electron chi connectivity index (χ1n) is 7.92. The predicted molar refractivity (Wildman–Crippen MR) is 88.4 cm³/mol. The highest BCUT2D eigenvalue weighted by Crippen LogP contribution is 2.35. The molecule has 0 aromatic heterocycles. The molecular formula is C19H22FNO2. The van der Waals surface area contributed by atoms with Gasteiger partial charge >= 0.3 is 0 Å². The molecule has 3 nitrogen and oxygen atoms in total. The standard InChI is InChI=1S/C19H22FNO2/c1-12-8-14-9-18(22-3)15(10-19(14)23-12)11-21-13(2)16-6-4-5-7-17(16)20/h4-7,9-10,12-13,21H,8,11H2,1-3H3/t12-,13+/m0/s1. The summed E-state index contributed by atoms with van der Waals surface area (Å²) in [4.78, 5) is 0. The van der Waals surface area contributed by atoms with Gasteiger partial charge in [0.15, 0.2) is 0 Å². The molecular weight excluding hydrogens is 293 g/mol. The number of ether oxygens (including phenoxy) is 2. The van der Waals surface area contributed by atoms with Crippen LogP contribution >= 0.6 is 0 Å². The van der Waals surface area contributed by atoms with Crippen LogP contribution in [-0.2, 0) is 13.0 Å². The van der Waals surface area contributed by atoms with Crippen LogP contribution < -0.4 is 14.8 Å². The van der Waals surface area contributed by atoms with Crippen molar-refractivity contribution in [1.82, 2.24) is 5.32 Å². The minimum Gasteiger partial charge on any atom is -0.496 e. The summed E-state index contributed by atoms with van der Waals surface area (Å²) >= 11 is 0. The second-order valence-electron chi connectivity index (χ2n) is 6.03. The molecule has 0 radical (unpaired) electrons. The van der Waals surface area contributed by atoms with Gasteiger partial charge in [-0.1, -0.05) is 18.2 Å². The zero-order chi connectivity index (χ0) is 16.4. The molecule has 23 heavy (non-hydrogen) atoms. The zero-order valence-electron chi connectivity index (χ0n) is 13.7. The van der Waals surface area contributed by atoms with E-state index in [4.69, 9.17) is 9.47 Å². The fraction of sp³-hybridized carbons (Fsp3) is 0.368. The summed E-state index contributed by atoms with van der Waals surface area (Å²) in [6.45, 7) is 4.60. The number of hydrogen-bond donors (Lipinski definition) is 1. The second kappa shape index (κ2) is 6.59. The van der Waals surface area contributed by atoms with Crippen LogP contribution in [0.25, 0.3) is 0 Å². The Morgan fingerprint density at radius 2 is 2.13 bits per heavy atom. The summed E-state index contributed by atoms with van der Waals surface area (Å²) in [6.07, 6.45) is 1.11. The Morgan fingerprint density at radius 3 is 2.87 bits per heavy atom. The van der Waals surface area contributed by atoms with Gasteiger partial charge in [0.1, 0.15) is 23.4 Å². The van der Waals surface area contributed by atoms with Crippen LogP contribution in [0.4, 0.5) is 4.39 Å². The third-order valence-electron chi connectivity index (χ3n) is 4.27. The van der Waals surface area contributed by atoms with Gasteiger partial charge in [-0.15, -0.1) is 0 Å². The summed E-state index contributed by atoms with van der Waals surface area (Å²) in [5.41, 5.74) is 2.86. The summed E-state index contributed by atoms with van der Waals surface area (Å²) in [5.74, 6) is 1.58. The van der Waals surface area contributed by atoms with Crippen LogP contribution in [0.3, 0.4) is 0 Å². The van der Waals surface area contributed by atoms with Gasteiger partial charge in [-0.2, -0.15) is 0 Å². The number of fused-ring (bicyclic) bond motifs is 1. The summed E-state index contributed by atoms with van der Waals surface area (Å²) < 4.78 is 25.2. The summed E-state index contributed by atoms with van der Waals surface area (Å²) in [5, 5.41) is 3.36. The molecule has 0 bridgehead atoms. The van der Waals surface area contributed by atoms with Crippen LogP contribution in [0, 0.1) is 5.82 Å². The largest absolute Gasteiger partial charge is 0.496 e. The topological polar surface area (TPSA) is 30.5 Å². The van der Waals surface area contributed by atoms with E-state index in [1.54, 1.807) is 19.2 Å². The van der Waals surface area contributed by atoms with Gasteiger partial charge in [0.2, 0.25) is 0 Å². The van der Waals surface area contributed by atoms with Crippen LogP contribution in [0.15, 0.2) is 36.4 Å². The average Bonchev–Trinajstić information content (AvgIpc) is 2.90. The van der Waals surface area contributed by atoms with E-state index in [1.807, 2.05) is 25.1 Å². The molecule has 1 N–H and O–H groups in total. The molecule has 3 rings (SSSR count). The van der Waals surface area contributed by atoms with E-state index < -0.39 is 0 Å². The molecule has 0 unspecified atom stereocenters. The highest BCUT2D eigenvalue weighted by molar-refractivity contribution is 5.48. The van der Waals surface area contributed by atoms with Crippen molar-refractivity contribution in [2.75, 3.05) is 7.11 Å². The van der Waals surface area contributed by atoms with Crippen LogP contribution in [-0.4, -0.2) is 13.2 Å². The number of rotatable bonds is 5. The maximum atomic E-state index is 13.8. The minimum absolute atomic E-state index is 0.0889. The third-order valence-corrected chi connectivity index (χ3v) is 4.27. The monoisotopic (exact) mass is 315 g/mol. The highest BCUT2D eigenvalue weighted by Gasteiger charge is 2.22. The van der Waals surface area contributed by atoms with Crippen molar-refractivity contribution in [1.29, 1.82) is 0 Å². The lowest BCUT2D eigenvalue weighted by atomic mass is 10.0. The van der Waals surface area contributed by atoms with Gasteiger partial charge in [-0.05, 0) is 32.0 Å².